The molecule has 118 valence electrons. The molecule has 0 bridgehead atoms. The number of nitrogens with zero attached hydrogens (tertiary/aromatic N) is 2. The summed E-state index contributed by atoms with van der Waals surface area (Å²) in [6.45, 7) is 2.08. The number of nitrogens with two attached hydrogens (primary N) is 1. The fourth-order valence-electron chi connectivity index (χ4n) is 2.12. The van der Waals surface area contributed by atoms with Crippen LogP contribution in [0, 0.1) is 19.3 Å². The molecule has 0 aliphatic carbocycles. The Morgan fingerprint density at radius 2 is 2.04 bits per heavy atom. The van der Waals surface area contributed by atoms with E-state index in [1.807, 2.05) is 30.3 Å². The van der Waals surface area contributed by atoms with Gasteiger partial charge in [-0.1, -0.05) is 18.3 Å². The van der Waals surface area contributed by atoms with Crippen LogP contribution in [-0.4, -0.2) is 15.7 Å². The van der Waals surface area contributed by atoms with Gasteiger partial charge in [0, 0.05) is 5.56 Å². The highest BCUT2D eigenvalue weighted by molar-refractivity contribution is 7.82. The molecule has 0 saturated heterocycles. The number of hydrogen-bond acceptors (Lipinski definition) is 5. The van der Waals surface area contributed by atoms with Crippen molar-refractivity contribution in [2.75, 3.05) is 5.43 Å². The van der Waals surface area contributed by atoms with Crippen LogP contribution in [-0.2, 0) is 0 Å². The number of aryl methyl sites for hydroxylation is 1. The second-order valence-electron chi connectivity index (χ2n) is 5.15. The molecule has 3 aromatic rings. The molecule has 6 heteroatoms. The molecule has 0 aliphatic rings. The van der Waals surface area contributed by atoms with Crippen molar-refractivity contribution < 1.29 is 0 Å². The Kier molecular flexibility index (Phi) is 4.56. The highest BCUT2D eigenvalue weighted by atomic mass is 32.1. The smallest absolute Gasteiger partial charge is 0.167 e. The second kappa shape index (κ2) is 6.79. The van der Waals surface area contributed by atoms with E-state index < -0.39 is 0 Å². The van der Waals surface area contributed by atoms with Crippen LogP contribution in [0.2, 0.25) is 0 Å². The van der Waals surface area contributed by atoms with E-state index in [4.69, 9.17) is 24.4 Å². The molecular weight excluding hydrogens is 336 g/mol. The highest BCUT2D eigenvalue weighted by Gasteiger charge is 2.06. The van der Waals surface area contributed by atoms with Crippen LogP contribution in [0.3, 0.4) is 0 Å². The zero-order valence-corrected chi connectivity index (χ0v) is 14.5. The molecule has 0 amide bonds. The van der Waals surface area contributed by atoms with E-state index in [1.165, 1.54) is 10.3 Å². The van der Waals surface area contributed by atoms with Crippen LogP contribution in [0.5, 0.6) is 0 Å². The van der Waals surface area contributed by atoms with Crippen molar-refractivity contribution in [1.29, 1.82) is 0 Å². The first-order valence-electron chi connectivity index (χ1n) is 7.14. The van der Waals surface area contributed by atoms with E-state index >= 15 is 0 Å². The molecular formula is C18H14N4S2. The molecule has 3 rings (SSSR count). The van der Waals surface area contributed by atoms with Crippen LogP contribution in [0.15, 0.2) is 47.6 Å². The van der Waals surface area contributed by atoms with Gasteiger partial charge in [-0.25, -0.2) is 4.98 Å². The summed E-state index contributed by atoms with van der Waals surface area (Å²) in [4.78, 5) is 4.76. The van der Waals surface area contributed by atoms with E-state index in [2.05, 4.69) is 40.5 Å². The number of terminal acetylenes is 1. The van der Waals surface area contributed by atoms with E-state index in [1.54, 1.807) is 11.3 Å². The van der Waals surface area contributed by atoms with Crippen molar-refractivity contribution in [3.63, 3.8) is 0 Å². The van der Waals surface area contributed by atoms with Crippen LogP contribution in [0.25, 0.3) is 20.8 Å². The first-order valence-corrected chi connectivity index (χ1v) is 8.37. The minimum absolute atomic E-state index is 0.0892. The first-order chi connectivity index (χ1) is 11.6. The average Bonchev–Trinajstić information content (AvgIpc) is 2.98. The van der Waals surface area contributed by atoms with Gasteiger partial charge in [0.2, 0.25) is 0 Å². The van der Waals surface area contributed by atoms with Gasteiger partial charge in [0.25, 0.3) is 0 Å². The van der Waals surface area contributed by atoms with Gasteiger partial charge in [-0.15, -0.1) is 17.8 Å². The van der Waals surface area contributed by atoms with Crippen LogP contribution < -0.4 is 11.2 Å². The van der Waals surface area contributed by atoms with Gasteiger partial charge in [-0.3, -0.25) is 5.43 Å². The Morgan fingerprint density at radius 3 is 2.71 bits per heavy atom. The molecule has 0 atom stereocenters. The summed E-state index contributed by atoms with van der Waals surface area (Å²) in [5, 5.41) is 4.99. The summed E-state index contributed by atoms with van der Waals surface area (Å²) in [6, 6.07) is 14.1. The molecule has 0 spiro atoms. The lowest BCUT2D eigenvalue weighted by molar-refractivity contribution is 1.35. The molecule has 1 aromatic heterocycles. The molecule has 3 N–H and O–H groups in total. The molecule has 0 unspecified atom stereocenters. The average molecular weight is 350 g/mol. The van der Waals surface area contributed by atoms with E-state index in [-0.39, 0.29) is 10.7 Å². The Hall–Kier alpha value is -2.75. The molecule has 4 nitrogen and oxygen atoms in total. The van der Waals surface area contributed by atoms with Crippen LogP contribution >= 0.6 is 23.6 Å². The van der Waals surface area contributed by atoms with Crippen molar-refractivity contribution in [2.45, 2.75) is 6.92 Å². The predicted octanol–water partition coefficient (Wildman–Crippen LogP) is 3.96. The van der Waals surface area contributed by atoms with Crippen LogP contribution in [0.4, 0.5) is 5.69 Å². The first kappa shape index (κ1) is 16.1. The molecule has 0 aliphatic heterocycles. The topological polar surface area (TPSA) is 63.3 Å². The number of fused-ring (bicyclic) bond motifs is 1. The molecule has 0 fully saturated rings. The van der Waals surface area contributed by atoms with Crippen molar-refractivity contribution in [1.82, 2.24) is 4.98 Å². The summed E-state index contributed by atoms with van der Waals surface area (Å²) in [5.41, 5.74) is 12.6. The summed E-state index contributed by atoms with van der Waals surface area (Å²) in [5.74, 6) is 2.34. The van der Waals surface area contributed by atoms with Gasteiger partial charge in [0.15, 0.2) is 5.71 Å². The third-order valence-electron chi connectivity index (χ3n) is 3.34. The number of rotatable bonds is 4. The van der Waals surface area contributed by atoms with Gasteiger partial charge in [0.1, 0.15) is 10.00 Å². The summed E-state index contributed by atoms with van der Waals surface area (Å²) in [6.07, 6.45) is 5.29. The van der Waals surface area contributed by atoms with Gasteiger partial charge in [-0.05, 0) is 54.8 Å². The molecule has 0 radical (unpaired) electrons. The van der Waals surface area contributed by atoms with E-state index in [0.717, 1.165) is 21.8 Å². The Bertz CT molecular complexity index is 978. The van der Waals surface area contributed by atoms with E-state index in [0.29, 0.717) is 0 Å². The SMILES string of the molecule is C#C/C(=N\Nc1ccc(-c2nc3ccc(C)cc3s2)cc1)C(N)=S. The largest absolute Gasteiger partial charge is 0.388 e. The lowest BCUT2D eigenvalue weighted by Gasteiger charge is -2.02. The zero-order valence-electron chi connectivity index (χ0n) is 12.9. The molecule has 1 heterocycles. The quantitative estimate of drug-likeness (QED) is 0.324. The maximum atomic E-state index is 5.47. The maximum absolute atomic E-state index is 5.47. The molecule has 0 saturated carbocycles. The standard InChI is InChI=1S/C18H14N4S2/c1-3-14(17(19)23)22-21-13-7-5-12(6-8-13)18-20-15-9-4-11(2)10-16(15)24-18/h1,4-10,21H,2H3,(H2,19,23)/b22-14+. The number of thiazole rings is 1. The fraction of sp³-hybridized carbons (Fsp3) is 0.0556. The summed E-state index contributed by atoms with van der Waals surface area (Å²) < 4.78 is 1.19. The summed E-state index contributed by atoms with van der Waals surface area (Å²) >= 11 is 6.49. The molecule has 24 heavy (non-hydrogen) atoms. The predicted molar refractivity (Wildman–Crippen MR) is 106 cm³/mol. The number of nitrogens with one attached hydrogen (secondary N) is 1. The lowest BCUT2D eigenvalue weighted by atomic mass is 10.2. The van der Waals surface area contributed by atoms with Gasteiger partial charge >= 0.3 is 0 Å². The Balaban J connectivity index is 1.83. The van der Waals surface area contributed by atoms with Gasteiger partial charge < -0.3 is 5.73 Å². The number of anilines is 1. The minimum atomic E-state index is 0.0892. The fourth-order valence-corrected chi connectivity index (χ4v) is 3.30. The third-order valence-corrected chi connectivity index (χ3v) is 4.60. The van der Waals surface area contributed by atoms with Gasteiger partial charge in [0.05, 0.1) is 15.9 Å². The van der Waals surface area contributed by atoms with Gasteiger partial charge in [-0.2, -0.15) is 5.10 Å². The monoisotopic (exact) mass is 350 g/mol. The third kappa shape index (κ3) is 3.43. The Labute approximate surface area is 149 Å². The maximum Gasteiger partial charge on any atom is 0.167 e. The van der Waals surface area contributed by atoms with E-state index in [9.17, 15) is 0 Å². The number of aromatic nitrogens is 1. The number of hydrogen-bond donors (Lipinski definition) is 2. The normalized spacial score (nSPS) is 11.2. The number of benzene rings is 2. The second-order valence-corrected chi connectivity index (χ2v) is 6.62. The minimum Gasteiger partial charge on any atom is -0.388 e. The van der Waals surface area contributed by atoms with Crippen molar-refractivity contribution in [3.05, 3.63) is 48.0 Å². The summed E-state index contributed by atoms with van der Waals surface area (Å²) in [7, 11) is 0. The van der Waals surface area contributed by atoms with Crippen molar-refractivity contribution in [3.8, 4) is 22.9 Å². The number of hydrazone groups is 1. The lowest BCUT2D eigenvalue weighted by Crippen LogP contribution is -2.20. The highest BCUT2D eigenvalue weighted by Crippen LogP contribution is 2.31. The Morgan fingerprint density at radius 1 is 1.29 bits per heavy atom. The molecule has 2 aromatic carbocycles. The van der Waals surface area contributed by atoms with Crippen molar-refractivity contribution >= 4 is 50.2 Å². The van der Waals surface area contributed by atoms with Crippen LogP contribution in [0.1, 0.15) is 5.56 Å². The number of thiocarbonyl (C=S) groups is 1. The van der Waals surface area contributed by atoms with Crippen molar-refractivity contribution in [2.24, 2.45) is 10.8 Å². The zero-order chi connectivity index (χ0) is 17.1.